The van der Waals surface area contributed by atoms with Gasteiger partial charge in [0.15, 0.2) is 0 Å². The highest BCUT2D eigenvalue weighted by Gasteiger charge is 2.26. The topological polar surface area (TPSA) is 115 Å². The molecule has 3 aromatic rings. The number of benzene rings is 2. The van der Waals surface area contributed by atoms with Gasteiger partial charge in [0, 0.05) is 43.4 Å². The van der Waals surface area contributed by atoms with Gasteiger partial charge in [0.1, 0.15) is 33.9 Å². The number of furan rings is 1. The van der Waals surface area contributed by atoms with Crippen molar-refractivity contribution >= 4 is 40.7 Å². The van der Waals surface area contributed by atoms with Crippen molar-refractivity contribution in [2.45, 2.75) is 32.7 Å². The van der Waals surface area contributed by atoms with Crippen molar-refractivity contribution in [2.24, 2.45) is 0 Å². The number of carbonyl (C=O) groups excluding carboxylic acids is 1. The summed E-state index contributed by atoms with van der Waals surface area (Å²) in [5.41, 5.74) is 1.78. The zero-order chi connectivity index (χ0) is 28.0. The molecule has 1 aromatic heterocycles. The highest BCUT2D eigenvalue weighted by Crippen LogP contribution is 2.41. The third kappa shape index (κ3) is 7.34. The molecule has 1 atom stereocenters. The van der Waals surface area contributed by atoms with Gasteiger partial charge >= 0.3 is 7.12 Å². The lowest BCUT2D eigenvalue weighted by atomic mass is 9.84. The van der Waals surface area contributed by atoms with E-state index >= 15 is 0 Å². The number of nitrogens with one attached hydrogen (secondary N) is 1. The van der Waals surface area contributed by atoms with E-state index in [0.29, 0.717) is 65.3 Å². The van der Waals surface area contributed by atoms with Crippen LogP contribution in [0.3, 0.4) is 0 Å². The van der Waals surface area contributed by atoms with Crippen LogP contribution in [0.15, 0.2) is 40.8 Å². The molecule has 1 amide bonds. The molecule has 0 saturated heterocycles. The van der Waals surface area contributed by atoms with E-state index in [1.165, 1.54) is 19.2 Å². The number of hydrogen-bond donors (Lipinski definition) is 3. The van der Waals surface area contributed by atoms with Crippen LogP contribution in [-0.2, 0) is 11.0 Å². The average molecular weight is 547 g/mol. The number of likely N-dealkylation sites (N-methyl/N-ethyl adjacent to an activating group) is 1. The molecule has 0 aliphatic rings. The predicted octanol–water partition coefficient (Wildman–Crippen LogP) is 3.28. The minimum Gasteiger partial charge on any atom is -0.489 e. The summed E-state index contributed by atoms with van der Waals surface area (Å²) in [5.74, 6) is -0.0240. The van der Waals surface area contributed by atoms with Crippen molar-refractivity contribution in [1.82, 2.24) is 10.2 Å². The fraction of sp³-hybridized carbons (Fsp3) is 0.423. The van der Waals surface area contributed by atoms with E-state index in [1.807, 2.05) is 25.8 Å². The molecule has 0 saturated carbocycles. The molecule has 2 aromatic carbocycles. The van der Waals surface area contributed by atoms with Crippen LogP contribution >= 0.6 is 0 Å². The standard InChI is InChI=1S/C26H35BFN3O6S/c1-17(2)36-23-15-20-22(37-25(24(20)26(32)29-3)18-7-9-19(28)10-8-18)16-21(23)31(38(5)35)14-13-30(4)12-6-11-27(33)34/h7-10,15-17,33-34H,6,11-14H2,1-5H3,(H,29,32). The van der Waals surface area contributed by atoms with Crippen molar-refractivity contribution in [3.8, 4) is 17.1 Å². The Hall–Kier alpha value is -2.93. The first-order chi connectivity index (χ1) is 18.0. The third-order valence-electron chi connectivity index (χ3n) is 5.96. The average Bonchev–Trinajstić information content (AvgIpc) is 3.21. The first-order valence-corrected chi connectivity index (χ1v) is 13.9. The normalized spacial score (nSPS) is 12.3. The van der Waals surface area contributed by atoms with E-state index in [0.717, 1.165) is 0 Å². The van der Waals surface area contributed by atoms with Gasteiger partial charge in [-0.05, 0) is 70.5 Å². The molecule has 9 nitrogen and oxygen atoms in total. The molecular weight excluding hydrogens is 512 g/mol. The lowest BCUT2D eigenvalue weighted by Crippen LogP contribution is -2.35. The van der Waals surface area contributed by atoms with E-state index < -0.39 is 23.9 Å². The van der Waals surface area contributed by atoms with Crippen LogP contribution in [0.25, 0.3) is 22.3 Å². The van der Waals surface area contributed by atoms with Crippen molar-refractivity contribution in [3.63, 3.8) is 0 Å². The Kier molecular flexibility index (Phi) is 10.3. The molecule has 38 heavy (non-hydrogen) atoms. The monoisotopic (exact) mass is 547 g/mol. The number of nitrogens with zero attached hydrogens (tertiary/aromatic N) is 2. The summed E-state index contributed by atoms with van der Waals surface area (Å²) in [4.78, 5) is 15.0. The Labute approximate surface area is 225 Å². The number of fused-ring (bicyclic) bond motifs is 1. The zero-order valence-corrected chi connectivity index (χ0v) is 23.2. The van der Waals surface area contributed by atoms with Crippen molar-refractivity contribution in [3.05, 3.63) is 47.8 Å². The van der Waals surface area contributed by atoms with Crippen LogP contribution in [0.2, 0.25) is 6.32 Å². The zero-order valence-electron chi connectivity index (χ0n) is 22.4. The molecule has 0 spiro atoms. The minimum absolute atomic E-state index is 0.196. The van der Waals surface area contributed by atoms with E-state index in [9.17, 15) is 13.4 Å². The SMILES string of the molecule is CNC(=O)c1c(-c2ccc(F)cc2)oc2cc(N(CCN(C)CCCB(O)O)S(C)=O)c(OC(C)C)cc12. The number of anilines is 1. The fourth-order valence-corrected chi connectivity index (χ4v) is 4.87. The van der Waals surface area contributed by atoms with Crippen LogP contribution in [0, 0.1) is 5.82 Å². The molecule has 0 radical (unpaired) electrons. The number of rotatable bonds is 13. The van der Waals surface area contributed by atoms with Gasteiger partial charge in [-0.25, -0.2) is 8.60 Å². The van der Waals surface area contributed by atoms with Crippen LogP contribution in [0.4, 0.5) is 10.1 Å². The summed E-state index contributed by atoms with van der Waals surface area (Å²) in [6.07, 6.45) is 2.27. The smallest absolute Gasteiger partial charge is 0.451 e. The van der Waals surface area contributed by atoms with Gasteiger partial charge in [0.25, 0.3) is 5.91 Å². The van der Waals surface area contributed by atoms with E-state index in [2.05, 4.69) is 5.32 Å². The van der Waals surface area contributed by atoms with Crippen molar-refractivity contribution in [1.29, 1.82) is 0 Å². The Morgan fingerprint density at radius 1 is 1.18 bits per heavy atom. The highest BCUT2D eigenvalue weighted by molar-refractivity contribution is 7.85. The summed E-state index contributed by atoms with van der Waals surface area (Å²) in [5, 5.41) is 21.3. The molecular formula is C26H35BFN3O6S. The maximum atomic E-state index is 13.6. The molecule has 3 N–H and O–H groups in total. The quantitative estimate of drug-likeness (QED) is 0.282. The number of hydrogen-bond acceptors (Lipinski definition) is 7. The van der Waals surface area contributed by atoms with E-state index in [1.54, 1.807) is 34.8 Å². The number of halogens is 1. The number of carbonyl (C=O) groups is 1. The molecule has 206 valence electrons. The Bertz CT molecular complexity index is 1270. The molecule has 1 unspecified atom stereocenters. The van der Waals surface area contributed by atoms with Crippen LogP contribution in [-0.4, -0.2) is 78.3 Å². The Balaban J connectivity index is 2.07. The maximum Gasteiger partial charge on any atom is 0.451 e. The fourth-order valence-electron chi connectivity index (χ4n) is 4.12. The second-order valence-corrected chi connectivity index (χ2v) is 10.6. The summed E-state index contributed by atoms with van der Waals surface area (Å²) in [7, 11) is 0.682. The summed E-state index contributed by atoms with van der Waals surface area (Å²) >= 11 is 0. The molecule has 3 rings (SSSR count). The number of amides is 1. The summed E-state index contributed by atoms with van der Waals surface area (Å²) in [6.45, 7) is 5.36. The largest absolute Gasteiger partial charge is 0.489 e. The van der Waals surface area contributed by atoms with Crippen LogP contribution in [0.1, 0.15) is 30.6 Å². The van der Waals surface area contributed by atoms with Crippen LogP contribution < -0.4 is 14.4 Å². The molecule has 1 heterocycles. The first kappa shape index (κ1) is 29.6. The second-order valence-electron chi connectivity index (χ2n) is 9.33. The molecule has 0 aliphatic carbocycles. The van der Waals surface area contributed by atoms with Crippen molar-refractivity contribution < 1.29 is 32.6 Å². The van der Waals surface area contributed by atoms with Crippen LogP contribution in [0.5, 0.6) is 5.75 Å². The van der Waals surface area contributed by atoms with Gasteiger partial charge in [-0.1, -0.05) is 0 Å². The summed E-state index contributed by atoms with van der Waals surface area (Å²) < 4.78 is 40.4. The number of ether oxygens (including phenoxy) is 1. The van der Waals surface area contributed by atoms with Gasteiger partial charge in [-0.3, -0.25) is 9.10 Å². The summed E-state index contributed by atoms with van der Waals surface area (Å²) in [6, 6.07) is 9.13. The molecule has 0 fully saturated rings. The van der Waals surface area contributed by atoms with E-state index in [4.69, 9.17) is 19.2 Å². The highest BCUT2D eigenvalue weighted by atomic mass is 32.2. The van der Waals surface area contributed by atoms with Gasteiger partial charge in [0.2, 0.25) is 0 Å². The van der Waals surface area contributed by atoms with E-state index in [-0.39, 0.29) is 18.3 Å². The predicted molar refractivity (Wildman–Crippen MR) is 149 cm³/mol. The molecule has 0 bridgehead atoms. The van der Waals surface area contributed by atoms with Gasteiger partial charge in [-0.15, -0.1) is 0 Å². The van der Waals surface area contributed by atoms with Gasteiger partial charge in [-0.2, -0.15) is 0 Å². The second kappa shape index (κ2) is 13.2. The minimum atomic E-state index is -1.42. The van der Waals surface area contributed by atoms with Gasteiger partial charge in [0.05, 0.1) is 17.4 Å². The maximum absolute atomic E-state index is 13.6. The molecule has 0 aliphatic heterocycles. The Morgan fingerprint density at radius 3 is 2.45 bits per heavy atom. The molecule has 12 heteroatoms. The van der Waals surface area contributed by atoms with Gasteiger partial charge < -0.3 is 29.4 Å². The third-order valence-corrected chi connectivity index (χ3v) is 6.96. The van der Waals surface area contributed by atoms with Crippen molar-refractivity contribution in [2.75, 3.05) is 44.3 Å². The lowest BCUT2D eigenvalue weighted by Gasteiger charge is -2.27. The lowest BCUT2D eigenvalue weighted by molar-refractivity contribution is 0.0964. The first-order valence-electron chi connectivity index (χ1n) is 12.4. The Morgan fingerprint density at radius 2 is 1.87 bits per heavy atom.